The summed E-state index contributed by atoms with van der Waals surface area (Å²) in [5.41, 5.74) is 2.07. The standard InChI is InChI=1S/C12H11N3S/c1-9-11(5-2-6-13)16-12(15-9)10-4-3-7-14-8-10/h3-4,7-8H,2,5H2,1H3. The second-order valence-electron chi connectivity index (χ2n) is 3.43. The SMILES string of the molecule is Cc1nc(-c2cccnc2)sc1CCC#N. The molecule has 0 amide bonds. The molecule has 0 saturated heterocycles. The third-order valence-electron chi connectivity index (χ3n) is 2.27. The molecule has 2 rings (SSSR count). The first-order chi connectivity index (χ1) is 7.81. The lowest BCUT2D eigenvalue weighted by atomic mass is 10.2. The van der Waals surface area contributed by atoms with Crippen LogP contribution in [0.4, 0.5) is 0 Å². The fraction of sp³-hybridized carbons (Fsp3) is 0.250. The molecule has 0 N–H and O–H groups in total. The number of aryl methyl sites for hydroxylation is 2. The number of aromatic nitrogens is 2. The summed E-state index contributed by atoms with van der Waals surface area (Å²) >= 11 is 1.65. The second-order valence-corrected chi connectivity index (χ2v) is 4.51. The highest BCUT2D eigenvalue weighted by Gasteiger charge is 2.08. The third-order valence-corrected chi connectivity index (χ3v) is 3.53. The van der Waals surface area contributed by atoms with Crippen molar-refractivity contribution in [3.05, 3.63) is 35.1 Å². The molecule has 2 heterocycles. The first kappa shape index (κ1) is 10.8. The monoisotopic (exact) mass is 229 g/mol. The maximum atomic E-state index is 8.57. The summed E-state index contributed by atoms with van der Waals surface area (Å²) in [4.78, 5) is 9.77. The van der Waals surface area contributed by atoms with Crippen LogP contribution in [0.5, 0.6) is 0 Å². The van der Waals surface area contributed by atoms with Crippen LogP contribution >= 0.6 is 11.3 Å². The number of nitriles is 1. The Morgan fingerprint density at radius 3 is 3.06 bits per heavy atom. The van der Waals surface area contributed by atoms with Gasteiger partial charge in [0.15, 0.2) is 0 Å². The van der Waals surface area contributed by atoms with E-state index in [1.807, 2.05) is 25.3 Å². The topological polar surface area (TPSA) is 49.6 Å². The van der Waals surface area contributed by atoms with Crippen molar-refractivity contribution in [2.45, 2.75) is 19.8 Å². The minimum absolute atomic E-state index is 0.551. The Balaban J connectivity index is 2.28. The average molecular weight is 229 g/mol. The van der Waals surface area contributed by atoms with Crippen molar-refractivity contribution in [2.24, 2.45) is 0 Å². The number of hydrogen-bond acceptors (Lipinski definition) is 4. The Morgan fingerprint density at radius 2 is 2.38 bits per heavy atom. The molecule has 0 aliphatic heterocycles. The lowest BCUT2D eigenvalue weighted by Gasteiger charge is -1.92. The lowest BCUT2D eigenvalue weighted by Crippen LogP contribution is -1.82. The van der Waals surface area contributed by atoms with Gasteiger partial charge in [0, 0.05) is 29.3 Å². The van der Waals surface area contributed by atoms with Crippen LogP contribution in [0.2, 0.25) is 0 Å². The van der Waals surface area contributed by atoms with Gasteiger partial charge in [0.1, 0.15) is 5.01 Å². The summed E-state index contributed by atoms with van der Waals surface area (Å²) in [7, 11) is 0. The van der Waals surface area contributed by atoms with Crippen molar-refractivity contribution in [3.63, 3.8) is 0 Å². The summed E-state index contributed by atoms with van der Waals surface area (Å²) in [6.45, 7) is 1.99. The molecular weight excluding hydrogens is 218 g/mol. The highest BCUT2D eigenvalue weighted by atomic mass is 32.1. The molecule has 0 aliphatic carbocycles. The van der Waals surface area contributed by atoms with Crippen LogP contribution in [0.3, 0.4) is 0 Å². The summed E-state index contributed by atoms with van der Waals surface area (Å²) < 4.78 is 0. The molecule has 0 bridgehead atoms. The maximum Gasteiger partial charge on any atom is 0.125 e. The highest BCUT2D eigenvalue weighted by Crippen LogP contribution is 2.27. The van der Waals surface area contributed by atoms with E-state index in [9.17, 15) is 0 Å². The van der Waals surface area contributed by atoms with Crippen LogP contribution in [0.25, 0.3) is 10.6 Å². The van der Waals surface area contributed by atoms with E-state index in [-0.39, 0.29) is 0 Å². The van der Waals surface area contributed by atoms with Crippen LogP contribution in [0.1, 0.15) is 17.0 Å². The van der Waals surface area contributed by atoms with Gasteiger partial charge in [-0.05, 0) is 25.5 Å². The van der Waals surface area contributed by atoms with Crippen LogP contribution in [0.15, 0.2) is 24.5 Å². The van der Waals surface area contributed by atoms with Gasteiger partial charge in [-0.2, -0.15) is 5.26 Å². The van der Waals surface area contributed by atoms with Crippen molar-refractivity contribution in [2.75, 3.05) is 0 Å². The Morgan fingerprint density at radius 1 is 1.50 bits per heavy atom. The van der Waals surface area contributed by atoms with Gasteiger partial charge in [-0.25, -0.2) is 4.98 Å². The van der Waals surface area contributed by atoms with E-state index in [1.165, 1.54) is 4.88 Å². The Labute approximate surface area is 98.4 Å². The molecule has 0 unspecified atom stereocenters. The molecule has 0 aliphatic rings. The van der Waals surface area contributed by atoms with Crippen molar-refractivity contribution < 1.29 is 0 Å². The predicted octanol–water partition coefficient (Wildman–Crippen LogP) is 2.97. The van der Waals surface area contributed by atoms with Crippen molar-refractivity contribution in [3.8, 4) is 16.6 Å². The molecule has 80 valence electrons. The molecular formula is C12H11N3S. The van der Waals surface area contributed by atoms with E-state index in [0.29, 0.717) is 6.42 Å². The quantitative estimate of drug-likeness (QED) is 0.813. The average Bonchev–Trinajstić information content (AvgIpc) is 2.69. The van der Waals surface area contributed by atoms with Gasteiger partial charge in [-0.15, -0.1) is 11.3 Å². The molecule has 0 radical (unpaired) electrons. The van der Waals surface area contributed by atoms with Crippen molar-refractivity contribution >= 4 is 11.3 Å². The number of hydrogen-bond donors (Lipinski definition) is 0. The summed E-state index contributed by atoms with van der Waals surface area (Å²) in [5.74, 6) is 0. The minimum Gasteiger partial charge on any atom is -0.264 e. The molecule has 2 aromatic rings. The molecule has 4 heteroatoms. The van der Waals surface area contributed by atoms with Crippen LogP contribution in [-0.2, 0) is 6.42 Å². The fourth-order valence-electron chi connectivity index (χ4n) is 1.44. The summed E-state index contributed by atoms with van der Waals surface area (Å²) in [6.07, 6.45) is 4.91. The van der Waals surface area contributed by atoms with E-state index < -0.39 is 0 Å². The van der Waals surface area contributed by atoms with Crippen LogP contribution in [0, 0.1) is 18.3 Å². The van der Waals surface area contributed by atoms with Crippen molar-refractivity contribution in [1.29, 1.82) is 5.26 Å². The van der Waals surface area contributed by atoms with Gasteiger partial charge in [-0.3, -0.25) is 4.98 Å². The van der Waals surface area contributed by atoms with Gasteiger partial charge < -0.3 is 0 Å². The van der Waals surface area contributed by atoms with Crippen molar-refractivity contribution in [1.82, 2.24) is 9.97 Å². The minimum atomic E-state index is 0.551. The zero-order valence-corrected chi connectivity index (χ0v) is 9.79. The third kappa shape index (κ3) is 2.26. The molecule has 0 spiro atoms. The molecule has 2 aromatic heterocycles. The van der Waals surface area contributed by atoms with Gasteiger partial charge >= 0.3 is 0 Å². The summed E-state index contributed by atoms with van der Waals surface area (Å²) in [5, 5.41) is 9.55. The number of nitrogens with zero attached hydrogens (tertiary/aromatic N) is 3. The molecule has 3 nitrogen and oxygen atoms in total. The fourth-order valence-corrected chi connectivity index (χ4v) is 2.49. The maximum absolute atomic E-state index is 8.57. The molecule has 0 fully saturated rings. The van der Waals surface area contributed by atoms with Gasteiger partial charge in [0.05, 0.1) is 11.8 Å². The van der Waals surface area contributed by atoms with E-state index >= 15 is 0 Å². The highest BCUT2D eigenvalue weighted by molar-refractivity contribution is 7.15. The molecule has 0 saturated carbocycles. The first-order valence-corrected chi connectivity index (χ1v) is 5.86. The zero-order chi connectivity index (χ0) is 11.4. The van der Waals surface area contributed by atoms with Gasteiger partial charge in [-0.1, -0.05) is 0 Å². The van der Waals surface area contributed by atoms with E-state index in [2.05, 4.69) is 16.0 Å². The normalized spacial score (nSPS) is 10.0. The molecule has 0 atom stereocenters. The predicted molar refractivity (Wildman–Crippen MR) is 64.0 cm³/mol. The number of thiazole rings is 1. The molecule has 0 aromatic carbocycles. The van der Waals surface area contributed by atoms with Gasteiger partial charge in [0.25, 0.3) is 0 Å². The van der Waals surface area contributed by atoms with Gasteiger partial charge in [0.2, 0.25) is 0 Å². The van der Waals surface area contributed by atoms with E-state index in [0.717, 1.165) is 22.7 Å². The molecule has 16 heavy (non-hydrogen) atoms. The summed E-state index contributed by atoms with van der Waals surface area (Å²) in [6, 6.07) is 6.06. The largest absolute Gasteiger partial charge is 0.264 e. The first-order valence-electron chi connectivity index (χ1n) is 5.05. The Hall–Kier alpha value is -1.73. The zero-order valence-electron chi connectivity index (χ0n) is 8.97. The second kappa shape index (κ2) is 4.86. The van der Waals surface area contributed by atoms with E-state index in [4.69, 9.17) is 5.26 Å². The Bertz CT molecular complexity index is 511. The van der Waals surface area contributed by atoms with Crippen LogP contribution < -0.4 is 0 Å². The smallest absolute Gasteiger partial charge is 0.125 e. The number of pyridine rings is 1. The van der Waals surface area contributed by atoms with Crippen LogP contribution in [-0.4, -0.2) is 9.97 Å². The Kier molecular flexibility index (Phi) is 3.28. The lowest BCUT2D eigenvalue weighted by molar-refractivity contribution is 1.01. The number of rotatable bonds is 3. The van der Waals surface area contributed by atoms with E-state index in [1.54, 1.807) is 17.5 Å².